The maximum absolute atomic E-state index is 13.0. The summed E-state index contributed by atoms with van der Waals surface area (Å²) in [5.41, 5.74) is -1.63. The summed E-state index contributed by atoms with van der Waals surface area (Å²) in [5, 5.41) is 11.1. The van der Waals surface area contributed by atoms with Crippen LogP contribution in [-0.4, -0.2) is 27.5 Å². The van der Waals surface area contributed by atoms with Crippen LogP contribution >= 0.6 is 11.6 Å². The predicted molar refractivity (Wildman–Crippen MR) is 63.0 cm³/mol. The molecule has 1 aromatic heterocycles. The van der Waals surface area contributed by atoms with E-state index in [0.717, 1.165) is 12.3 Å². The normalized spacial score (nSPS) is 13.8. The summed E-state index contributed by atoms with van der Waals surface area (Å²) in [6.45, 7) is 2.97. The van der Waals surface area contributed by atoms with E-state index in [4.69, 9.17) is 16.7 Å². The number of nitrogens with zero attached hydrogens (tertiary/aromatic N) is 1. The molecule has 0 aliphatic heterocycles. The molecule has 0 aliphatic rings. The van der Waals surface area contributed by atoms with Gasteiger partial charge in [-0.05, 0) is 19.4 Å². The Bertz CT molecular complexity index is 495. The SMILES string of the molecule is CCC(C)(NC(=O)c1cc(F)cnc1Cl)C(=O)O. The van der Waals surface area contributed by atoms with E-state index in [1.165, 1.54) is 6.92 Å². The Morgan fingerprint density at radius 1 is 1.61 bits per heavy atom. The highest BCUT2D eigenvalue weighted by Crippen LogP contribution is 2.16. The lowest BCUT2D eigenvalue weighted by atomic mass is 9.99. The molecular formula is C11H12ClFN2O3. The zero-order valence-electron chi connectivity index (χ0n) is 9.83. The Hall–Kier alpha value is -1.69. The number of carboxylic acids is 1. The van der Waals surface area contributed by atoms with Crippen molar-refractivity contribution in [2.24, 2.45) is 0 Å². The van der Waals surface area contributed by atoms with E-state index in [1.54, 1.807) is 6.92 Å². The first-order valence-corrected chi connectivity index (χ1v) is 5.55. The van der Waals surface area contributed by atoms with Crippen molar-refractivity contribution < 1.29 is 19.1 Å². The Morgan fingerprint density at radius 3 is 2.72 bits per heavy atom. The van der Waals surface area contributed by atoms with Crippen LogP contribution < -0.4 is 5.32 Å². The number of pyridine rings is 1. The molecule has 1 atom stereocenters. The number of hydrogen-bond donors (Lipinski definition) is 2. The zero-order chi connectivity index (χ0) is 13.9. The third-order valence-corrected chi connectivity index (χ3v) is 2.92. The van der Waals surface area contributed by atoms with E-state index in [2.05, 4.69) is 10.3 Å². The quantitative estimate of drug-likeness (QED) is 0.822. The highest BCUT2D eigenvalue weighted by molar-refractivity contribution is 6.32. The Morgan fingerprint density at radius 2 is 2.22 bits per heavy atom. The molecule has 1 heterocycles. The van der Waals surface area contributed by atoms with Gasteiger partial charge in [0.1, 0.15) is 16.5 Å². The molecule has 0 saturated carbocycles. The molecule has 0 radical (unpaired) electrons. The number of carbonyl (C=O) groups is 2. The van der Waals surface area contributed by atoms with Crippen molar-refractivity contribution in [1.82, 2.24) is 10.3 Å². The fourth-order valence-electron chi connectivity index (χ4n) is 1.19. The first kappa shape index (κ1) is 14.4. The van der Waals surface area contributed by atoms with E-state index < -0.39 is 23.2 Å². The molecule has 98 valence electrons. The van der Waals surface area contributed by atoms with Gasteiger partial charge in [0.2, 0.25) is 0 Å². The number of rotatable bonds is 4. The predicted octanol–water partition coefficient (Wildman–Crippen LogP) is 1.86. The standard InChI is InChI=1S/C11H12ClFN2O3/c1-3-11(2,10(17)18)15-9(16)7-4-6(13)5-14-8(7)12/h4-5H,3H2,1-2H3,(H,15,16)(H,17,18). The number of nitrogens with one attached hydrogen (secondary N) is 1. The fraction of sp³-hybridized carbons (Fsp3) is 0.364. The van der Waals surface area contributed by atoms with Crippen LogP contribution in [-0.2, 0) is 4.79 Å². The first-order valence-electron chi connectivity index (χ1n) is 5.17. The molecular weight excluding hydrogens is 263 g/mol. The number of hydrogen-bond acceptors (Lipinski definition) is 3. The lowest BCUT2D eigenvalue weighted by molar-refractivity contribution is -0.143. The number of aliphatic carboxylic acids is 1. The van der Waals surface area contributed by atoms with Gasteiger partial charge in [0.05, 0.1) is 11.8 Å². The second-order valence-corrected chi connectivity index (χ2v) is 4.29. The van der Waals surface area contributed by atoms with Crippen LogP contribution in [0.2, 0.25) is 5.15 Å². The van der Waals surface area contributed by atoms with Gasteiger partial charge in [0.25, 0.3) is 5.91 Å². The number of carbonyl (C=O) groups excluding carboxylic acids is 1. The third-order valence-electron chi connectivity index (χ3n) is 2.62. The molecule has 2 N–H and O–H groups in total. The van der Waals surface area contributed by atoms with Gasteiger partial charge in [0, 0.05) is 0 Å². The highest BCUT2D eigenvalue weighted by Gasteiger charge is 2.33. The van der Waals surface area contributed by atoms with E-state index in [-0.39, 0.29) is 17.1 Å². The molecule has 7 heteroatoms. The summed E-state index contributed by atoms with van der Waals surface area (Å²) >= 11 is 5.66. The summed E-state index contributed by atoms with van der Waals surface area (Å²) in [5.74, 6) is -2.68. The summed E-state index contributed by atoms with van der Waals surface area (Å²) < 4.78 is 13.0. The number of carboxylic acid groups (broad SMARTS) is 1. The Kier molecular flexibility index (Phi) is 4.24. The van der Waals surface area contributed by atoms with Crippen molar-refractivity contribution in [3.05, 3.63) is 28.8 Å². The average molecular weight is 275 g/mol. The number of aromatic nitrogens is 1. The molecule has 1 unspecified atom stereocenters. The second kappa shape index (κ2) is 5.30. The van der Waals surface area contributed by atoms with Crippen molar-refractivity contribution in [1.29, 1.82) is 0 Å². The van der Waals surface area contributed by atoms with Crippen LogP contribution in [0.15, 0.2) is 12.3 Å². The smallest absolute Gasteiger partial charge is 0.329 e. The average Bonchev–Trinajstić information content (AvgIpc) is 2.31. The Balaban J connectivity index is 3.02. The van der Waals surface area contributed by atoms with E-state index >= 15 is 0 Å². The van der Waals surface area contributed by atoms with Crippen LogP contribution in [0.3, 0.4) is 0 Å². The molecule has 5 nitrogen and oxygen atoms in total. The van der Waals surface area contributed by atoms with E-state index in [0.29, 0.717) is 0 Å². The summed E-state index contributed by atoms with van der Waals surface area (Å²) in [6.07, 6.45) is 1.05. The molecule has 0 saturated heterocycles. The van der Waals surface area contributed by atoms with Crippen LogP contribution in [0.5, 0.6) is 0 Å². The largest absolute Gasteiger partial charge is 0.480 e. The van der Waals surface area contributed by atoms with Crippen molar-refractivity contribution in [3.8, 4) is 0 Å². The monoisotopic (exact) mass is 274 g/mol. The van der Waals surface area contributed by atoms with E-state index in [9.17, 15) is 14.0 Å². The first-order chi connectivity index (χ1) is 8.30. The van der Waals surface area contributed by atoms with Gasteiger partial charge >= 0.3 is 5.97 Å². The molecule has 18 heavy (non-hydrogen) atoms. The van der Waals surface area contributed by atoms with Gasteiger partial charge in [0.15, 0.2) is 0 Å². The molecule has 0 fully saturated rings. The molecule has 1 rings (SSSR count). The van der Waals surface area contributed by atoms with Crippen LogP contribution in [0.4, 0.5) is 4.39 Å². The van der Waals surface area contributed by atoms with E-state index in [1.807, 2.05) is 0 Å². The lowest BCUT2D eigenvalue weighted by Crippen LogP contribution is -2.51. The van der Waals surface area contributed by atoms with Gasteiger partial charge in [-0.2, -0.15) is 0 Å². The van der Waals surface area contributed by atoms with Crippen molar-refractivity contribution in [2.45, 2.75) is 25.8 Å². The maximum Gasteiger partial charge on any atom is 0.329 e. The minimum absolute atomic E-state index is 0.175. The van der Waals surface area contributed by atoms with Gasteiger partial charge in [-0.1, -0.05) is 18.5 Å². The summed E-state index contributed by atoms with van der Waals surface area (Å²) in [6, 6.07) is 0.905. The van der Waals surface area contributed by atoms with Crippen LogP contribution in [0.1, 0.15) is 30.6 Å². The van der Waals surface area contributed by atoms with Gasteiger partial charge < -0.3 is 10.4 Å². The molecule has 1 amide bonds. The number of amides is 1. The molecule has 0 spiro atoms. The Labute approximate surface area is 108 Å². The minimum atomic E-state index is -1.44. The number of halogens is 2. The maximum atomic E-state index is 13.0. The fourth-order valence-corrected chi connectivity index (χ4v) is 1.38. The lowest BCUT2D eigenvalue weighted by Gasteiger charge is -2.24. The van der Waals surface area contributed by atoms with Crippen molar-refractivity contribution >= 4 is 23.5 Å². The van der Waals surface area contributed by atoms with Crippen LogP contribution in [0.25, 0.3) is 0 Å². The zero-order valence-corrected chi connectivity index (χ0v) is 10.6. The molecule has 1 aromatic rings. The second-order valence-electron chi connectivity index (χ2n) is 3.94. The molecule has 0 bridgehead atoms. The van der Waals surface area contributed by atoms with Crippen LogP contribution in [0, 0.1) is 5.82 Å². The van der Waals surface area contributed by atoms with Gasteiger partial charge in [-0.25, -0.2) is 14.2 Å². The highest BCUT2D eigenvalue weighted by atomic mass is 35.5. The minimum Gasteiger partial charge on any atom is -0.480 e. The van der Waals surface area contributed by atoms with Crippen molar-refractivity contribution in [3.63, 3.8) is 0 Å². The molecule has 0 aromatic carbocycles. The van der Waals surface area contributed by atoms with Gasteiger partial charge in [-0.3, -0.25) is 4.79 Å². The summed E-state index contributed by atoms with van der Waals surface area (Å²) in [7, 11) is 0. The molecule has 0 aliphatic carbocycles. The summed E-state index contributed by atoms with van der Waals surface area (Å²) in [4.78, 5) is 26.3. The van der Waals surface area contributed by atoms with Crippen molar-refractivity contribution in [2.75, 3.05) is 0 Å². The van der Waals surface area contributed by atoms with Gasteiger partial charge in [-0.15, -0.1) is 0 Å². The third kappa shape index (κ3) is 2.95. The topological polar surface area (TPSA) is 79.3 Å².